The minimum absolute atomic E-state index is 0.174. The summed E-state index contributed by atoms with van der Waals surface area (Å²) in [5.74, 6) is -0.319. The molecule has 0 saturated heterocycles. The lowest BCUT2D eigenvalue weighted by Crippen LogP contribution is -2.29. The van der Waals surface area contributed by atoms with Crippen LogP contribution in [0.2, 0.25) is 0 Å². The van der Waals surface area contributed by atoms with E-state index in [1.165, 1.54) is 10.7 Å². The van der Waals surface area contributed by atoms with Crippen LogP contribution in [0.4, 0.5) is 5.69 Å². The highest BCUT2D eigenvalue weighted by molar-refractivity contribution is 9.10. The van der Waals surface area contributed by atoms with Crippen LogP contribution in [0.1, 0.15) is 0 Å². The molecule has 0 saturated carbocycles. The molecule has 0 aliphatic carbocycles. The van der Waals surface area contributed by atoms with Crippen molar-refractivity contribution in [2.24, 2.45) is 0 Å². The number of benzene rings is 3. The van der Waals surface area contributed by atoms with Crippen molar-refractivity contribution >= 4 is 27.5 Å². The van der Waals surface area contributed by atoms with E-state index in [9.17, 15) is 9.59 Å². The van der Waals surface area contributed by atoms with Crippen LogP contribution in [0.3, 0.4) is 0 Å². The van der Waals surface area contributed by atoms with E-state index < -0.39 is 0 Å². The van der Waals surface area contributed by atoms with E-state index in [0.717, 1.165) is 21.2 Å². The fourth-order valence-corrected chi connectivity index (χ4v) is 3.39. The molecular weight excluding hydrogens is 442 g/mol. The van der Waals surface area contributed by atoms with Gasteiger partial charge >= 0.3 is 0 Å². The molecular formula is C24H18BrN3O2. The van der Waals surface area contributed by atoms with Gasteiger partial charge in [0.05, 0.1) is 5.69 Å². The Bertz CT molecular complexity index is 1240. The number of para-hydroxylation sites is 1. The summed E-state index contributed by atoms with van der Waals surface area (Å²) in [4.78, 5) is 24.9. The lowest BCUT2D eigenvalue weighted by molar-refractivity contribution is -0.117. The molecule has 3 aromatic carbocycles. The van der Waals surface area contributed by atoms with E-state index >= 15 is 0 Å². The molecule has 0 atom stereocenters. The number of rotatable bonds is 5. The van der Waals surface area contributed by atoms with Crippen molar-refractivity contribution in [2.75, 3.05) is 5.32 Å². The highest BCUT2D eigenvalue weighted by Gasteiger charge is 2.11. The van der Waals surface area contributed by atoms with Gasteiger partial charge < -0.3 is 5.32 Å². The molecule has 0 bridgehead atoms. The number of hydrogen-bond donors (Lipinski definition) is 1. The maximum atomic E-state index is 12.7. The number of aromatic nitrogens is 2. The zero-order valence-electron chi connectivity index (χ0n) is 16.0. The van der Waals surface area contributed by atoms with Gasteiger partial charge in [-0.25, -0.2) is 4.68 Å². The molecule has 5 nitrogen and oxygen atoms in total. The van der Waals surface area contributed by atoms with Crippen LogP contribution in [0.15, 0.2) is 100 Å². The first-order chi connectivity index (χ1) is 14.6. The zero-order chi connectivity index (χ0) is 20.9. The van der Waals surface area contributed by atoms with Crippen LogP contribution >= 0.6 is 15.9 Å². The minimum Gasteiger partial charge on any atom is -0.324 e. The van der Waals surface area contributed by atoms with Crippen molar-refractivity contribution in [2.45, 2.75) is 6.54 Å². The first-order valence-corrected chi connectivity index (χ1v) is 10.2. The predicted molar refractivity (Wildman–Crippen MR) is 122 cm³/mol. The second-order valence-electron chi connectivity index (χ2n) is 6.68. The first-order valence-electron chi connectivity index (χ1n) is 9.38. The van der Waals surface area contributed by atoms with Crippen molar-refractivity contribution in [3.8, 4) is 22.4 Å². The molecule has 1 heterocycles. The molecule has 148 valence electrons. The Morgan fingerprint density at radius 3 is 2.30 bits per heavy atom. The fraction of sp³-hybridized carbons (Fsp3) is 0.0417. The van der Waals surface area contributed by atoms with Crippen LogP contribution in [0, 0.1) is 0 Å². The quantitative estimate of drug-likeness (QED) is 0.457. The van der Waals surface area contributed by atoms with Crippen molar-refractivity contribution in [1.29, 1.82) is 0 Å². The summed E-state index contributed by atoms with van der Waals surface area (Å²) in [6.07, 6.45) is 0. The van der Waals surface area contributed by atoms with E-state index in [1.54, 1.807) is 6.07 Å². The Morgan fingerprint density at radius 2 is 1.53 bits per heavy atom. The molecule has 1 aromatic heterocycles. The third-order valence-corrected chi connectivity index (χ3v) is 5.11. The number of anilines is 1. The Hall–Kier alpha value is -3.51. The summed E-state index contributed by atoms with van der Waals surface area (Å²) in [5, 5.41) is 7.27. The monoisotopic (exact) mass is 459 g/mol. The van der Waals surface area contributed by atoms with E-state index in [2.05, 4.69) is 26.3 Å². The van der Waals surface area contributed by atoms with Crippen molar-refractivity contribution in [3.63, 3.8) is 0 Å². The van der Waals surface area contributed by atoms with Gasteiger partial charge in [-0.2, -0.15) is 5.10 Å². The van der Waals surface area contributed by atoms with Gasteiger partial charge in [-0.3, -0.25) is 9.59 Å². The van der Waals surface area contributed by atoms with Gasteiger partial charge in [0.25, 0.3) is 5.56 Å². The van der Waals surface area contributed by atoms with E-state index in [1.807, 2.05) is 78.9 Å². The number of halogens is 1. The third kappa shape index (κ3) is 4.55. The molecule has 1 amide bonds. The molecule has 6 heteroatoms. The second kappa shape index (κ2) is 8.88. The molecule has 4 aromatic rings. The van der Waals surface area contributed by atoms with Gasteiger partial charge in [0.2, 0.25) is 5.91 Å². The van der Waals surface area contributed by atoms with Gasteiger partial charge in [-0.15, -0.1) is 0 Å². The van der Waals surface area contributed by atoms with Gasteiger partial charge in [-0.1, -0.05) is 76.6 Å². The number of nitrogens with zero attached hydrogens (tertiary/aromatic N) is 2. The average molecular weight is 460 g/mol. The lowest BCUT2D eigenvalue weighted by atomic mass is 10.0. The molecule has 4 rings (SSSR count). The number of carbonyl (C=O) groups excluding carboxylic acids is 1. The van der Waals surface area contributed by atoms with Gasteiger partial charge in [0, 0.05) is 27.4 Å². The lowest BCUT2D eigenvalue weighted by Gasteiger charge is -2.12. The normalized spacial score (nSPS) is 10.6. The smallest absolute Gasteiger partial charge is 0.267 e. The molecule has 1 N–H and O–H groups in total. The number of carbonyl (C=O) groups is 1. The maximum absolute atomic E-state index is 12.7. The van der Waals surface area contributed by atoms with Crippen LogP contribution < -0.4 is 10.9 Å². The third-order valence-electron chi connectivity index (χ3n) is 4.59. The van der Waals surface area contributed by atoms with Crippen LogP contribution in [-0.4, -0.2) is 15.7 Å². The summed E-state index contributed by atoms with van der Waals surface area (Å²) in [6, 6.07) is 28.1. The van der Waals surface area contributed by atoms with Crippen LogP contribution in [-0.2, 0) is 11.3 Å². The maximum Gasteiger partial charge on any atom is 0.267 e. The Balaban J connectivity index is 1.56. The van der Waals surface area contributed by atoms with E-state index in [4.69, 9.17) is 0 Å². The number of amides is 1. The summed E-state index contributed by atoms with van der Waals surface area (Å²) in [6.45, 7) is -0.174. The molecule has 0 spiro atoms. The van der Waals surface area contributed by atoms with Crippen molar-refractivity contribution in [3.05, 3.63) is 106 Å². The SMILES string of the molecule is O=C(Cn1nc(-c2ccc(Br)cc2)ccc1=O)Nc1ccccc1-c1ccccc1. The standard InChI is InChI=1S/C24H18BrN3O2/c25-19-12-10-18(11-13-19)21-14-15-24(30)28(27-21)16-23(29)26-22-9-5-4-8-20(22)17-6-2-1-3-7-17/h1-15H,16H2,(H,26,29). The van der Waals surface area contributed by atoms with Crippen molar-refractivity contribution < 1.29 is 4.79 Å². The van der Waals surface area contributed by atoms with Gasteiger partial charge in [0.15, 0.2) is 0 Å². The largest absolute Gasteiger partial charge is 0.324 e. The van der Waals surface area contributed by atoms with Gasteiger partial charge in [-0.05, 0) is 29.8 Å². The Kier molecular flexibility index (Phi) is 5.86. The molecule has 0 radical (unpaired) electrons. The predicted octanol–water partition coefficient (Wildman–Crippen LogP) is 4.98. The van der Waals surface area contributed by atoms with Crippen LogP contribution in [0.25, 0.3) is 22.4 Å². The van der Waals surface area contributed by atoms with E-state index in [0.29, 0.717) is 11.4 Å². The first kappa shape index (κ1) is 19.8. The second-order valence-corrected chi connectivity index (χ2v) is 7.60. The average Bonchev–Trinajstić information content (AvgIpc) is 2.77. The van der Waals surface area contributed by atoms with Gasteiger partial charge in [0.1, 0.15) is 6.54 Å². The van der Waals surface area contributed by atoms with Crippen LogP contribution in [0.5, 0.6) is 0 Å². The molecule has 30 heavy (non-hydrogen) atoms. The minimum atomic E-state index is -0.331. The number of nitrogens with one attached hydrogen (secondary N) is 1. The summed E-state index contributed by atoms with van der Waals surface area (Å²) in [5.41, 5.74) is 3.76. The molecule has 0 fully saturated rings. The highest BCUT2D eigenvalue weighted by Crippen LogP contribution is 2.27. The van der Waals surface area contributed by atoms with E-state index in [-0.39, 0.29) is 18.0 Å². The zero-order valence-corrected chi connectivity index (χ0v) is 17.5. The summed E-state index contributed by atoms with van der Waals surface area (Å²) in [7, 11) is 0. The highest BCUT2D eigenvalue weighted by atomic mass is 79.9. The molecule has 0 unspecified atom stereocenters. The molecule has 0 aliphatic rings. The summed E-state index contributed by atoms with van der Waals surface area (Å²) < 4.78 is 2.13. The topological polar surface area (TPSA) is 64.0 Å². The molecule has 0 aliphatic heterocycles. The Labute approximate surface area is 182 Å². The summed E-state index contributed by atoms with van der Waals surface area (Å²) >= 11 is 3.40. The van der Waals surface area contributed by atoms with Crippen molar-refractivity contribution in [1.82, 2.24) is 9.78 Å². The fourth-order valence-electron chi connectivity index (χ4n) is 3.12. The Morgan fingerprint density at radius 1 is 0.833 bits per heavy atom. The number of hydrogen-bond acceptors (Lipinski definition) is 3.